The SMILES string of the molecule is C=CS(=O)(=O)N(C)c1cccc(-c2ccc(CC(N)=O)c3[nH]c4c(c23)CCC(C(C)(C)O)C4)c1. The van der Waals surface area contributed by atoms with E-state index < -0.39 is 21.5 Å². The van der Waals surface area contributed by atoms with Gasteiger partial charge >= 0.3 is 0 Å². The number of hydrogen-bond donors (Lipinski definition) is 3. The van der Waals surface area contributed by atoms with Gasteiger partial charge in [-0.1, -0.05) is 30.8 Å². The summed E-state index contributed by atoms with van der Waals surface area (Å²) < 4.78 is 25.8. The molecule has 7 nitrogen and oxygen atoms in total. The minimum atomic E-state index is -3.62. The summed E-state index contributed by atoms with van der Waals surface area (Å²) in [6, 6.07) is 11.2. The van der Waals surface area contributed by atoms with Crippen molar-refractivity contribution in [2.75, 3.05) is 11.4 Å². The Labute approximate surface area is 200 Å². The Morgan fingerprint density at radius 2 is 2.06 bits per heavy atom. The summed E-state index contributed by atoms with van der Waals surface area (Å²) in [6.07, 6.45) is 2.47. The van der Waals surface area contributed by atoms with E-state index in [0.717, 1.165) is 51.5 Å². The molecule has 0 saturated carbocycles. The number of benzene rings is 2. The second-order valence-corrected chi connectivity index (χ2v) is 11.5. The van der Waals surface area contributed by atoms with Crippen LogP contribution in [0.1, 0.15) is 37.1 Å². The molecule has 0 fully saturated rings. The van der Waals surface area contributed by atoms with E-state index >= 15 is 0 Å². The summed E-state index contributed by atoms with van der Waals surface area (Å²) in [7, 11) is -2.12. The predicted molar refractivity (Wildman–Crippen MR) is 136 cm³/mol. The molecule has 0 saturated heterocycles. The van der Waals surface area contributed by atoms with E-state index in [0.29, 0.717) is 12.1 Å². The van der Waals surface area contributed by atoms with Crippen LogP contribution in [0.4, 0.5) is 5.69 Å². The standard InChI is InChI=1S/C26H31N3O4S/c1-5-34(32,33)29(4)19-8-6-7-16(13-19)20-11-9-17(14-23(27)30)25-24(20)21-12-10-18(26(2,3)31)15-22(21)28-25/h5-9,11,13,18,28,31H,1,10,12,14-15H2,2-4H3,(H2,27,30). The minimum Gasteiger partial charge on any atom is -0.390 e. The Kier molecular flexibility index (Phi) is 6.08. The molecular formula is C26H31N3O4S. The van der Waals surface area contributed by atoms with Gasteiger partial charge in [0.25, 0.3) is 10.0 Å². The van der Waals surface area contributed by atoms with E-state index in [2.05, 4.69) is 11.6 Å². The van der Waals surface area contributed by atoms with Crippen LogP contribution in [0.3, 0.4) is 0 Å². The third kappa shape index (κ3) is 4.35. The summed E-state index contributed by atoms with van der Waals surface area (Å²) in [5, 5.41) is 12.5. The number of nitrogens with two attached hydrogens (primary N) is 1. The zero-order chi connectivity index (χ0) is 24.8. The van der Waals surface area contributed by atoms with E-state index in [9.17, 15) is 18.3 Å². The second-order valence-electron chi connectivity index (χ2n) is 9.57. The van der Waals surface area contributed by atoms with Gasteiger partial charge in [0, 0.05) is 23.5 Å². The van der Waals surface area contributed by atoms with Gasteiger partial charge in [0.2, 0.25) is 5.91 Å². The molecule has 34 heavy (non-hydrogen) atoms. The number of H-pyrrole nitrogens is 1. The van der Waals surface area contributed by atoms with Crippen molar-refractivity contribution in [1.29, 1.82) is 0 Å². The lowest BCUT2D eigenvalue weighted by atomic mass is 9.77. The fourth-order valence-corrected chi connectivity index (χ4v) is 5.53. The van der Waals surface area contributed by atoms with Crippen molar-refractivity contribution >= 4 is 32.5 Å². The van der Waals surface area contributed by atoms with Crippen LogP contribution >= 0.6 is 0 Å². The molecule has 0 aliphatic heterocycles. The number of fused-ring (bicyclic) bond motifs is 3. The molecule has 1 amide bonds. The van der Waals surface area contributed by atoms with Gasteiger partial charge in [-0.15, -0.1) is 0 Å². The monoisotopic (exact) mass is 481 g/mol. The van der Waals surface area contributed by atoms with E-state index in [1.54, 1.807) is 6.07 Å². The first kappa shape index (κ1) is 24.0. The van der Waals surface area contributed by atoms with Crippen molar-refractivity contribution in [3.05, 3.63) is 65.2 Å². The molecule has 1 aliphatic rings. The second kappa shape index (κ2) is 8.60. The number of rotatable bonds is 7. The molecule has 4 rings (SSSR count). The molecular weight excluding hydrogens is 450 g/mol. The first-order valence-corrected chi connectivity index (χ1v) is 12.8. The highest BCUT2D eigenvalue weighted by Crippen LogP contribution is 2.41. The Morgan fingerprint density at radius 1 is 1.32 bits per heavy atom. The lowest BCUT2D eigenvalue weighted by Gasteiger charge is -2.32. The lowest BCUT2D eigenvalue weighted by Crippen LogP contribution is -2.34. The zero-order valence-corrected chi connectivity index (χ0v) is 20.6. The molecule has 1 heterocycles. The van der Waals surface area contributed by atoms with Gasteiger partial charge in [-0.25, -0.2) is 8.42 Å². The topological polar surface area (TPSA) is 116 Å². The van der Waals surface area contributed by atoms with Crippen LogP contribution in [-0.2, 0) is 34.1 Å². The molecule has 1 atom stereocenters. The Bertz CT molecular complexity index is 1380. The predicted octanol–water partition coefficient (Wildman–Crippen LogP) is 3.65. The number of anilines is 1. The Morgan fingerprint density at radius 3 is 2.71 bits per heavy atom. The van der Waals surface area contributed by atoms with Crippen molar-refractivity contribution < 1.29 is 18.3 Å². The maximum Gasteiger partial charge on any atom is 0.256 e. The van der Waals surface area contributed by atoms with Crippen LogP contribution in [0.15, 0.2) is 48.4 Å². The molecule has 0 bridgehead atoms. The van der Waals surface area contributed by atoms with Crippen molar-refractivity contribution in [3.8, 4) is 11.1 Å². The maximum atomic E-state index is 12.3. The molecule has 180 valence electrons. The van der Waals surface area contributed by atoms with Crippen molar-refractivity contribution in [1.82, 2.24) is 4.98 Å². The third-order valence-electron chi connectivity index (χ3n) is 6.90. The highest BCUT2D eigenvalue weighted by molar-refractivity contribution is 7.95. The van der Waals surface area contributed by atoms with Gasteiger partial charge in [0.05, 0.1) is 23.2 Å². The van der Waals surface area contributed by atoms with Gasteiger partial charge < -0.3 is 15.8 Å². The first-order chi connectivity index (χ1) is 15.9. The van der Waals surface area contributed by atoms with Gasteiger partial charge in [0.15, 0.2) is 0 Å². The smallest absolute Gasteiger partial charge is 0.256 e. The first-order valence-electron chi connectivity index (χ1n) is 11.3. The summed E-state index contributed by atoms with van der Waals surface area (Å²) in [4.78, 5) is 15.3. The van der Waals surface area contributed by atoms with E-state index in [-0.39, 0.29) is 12.3 Å². The highest BCUT2D eigenvalue weighted by Gasteiger charge is 2.33. The summed E-state index contributed by atoms with van der Waals surface area (Å²) in [5.74, 6) is -0.286. The largest absolute Gasteiger partial charge is 0.390 e. The average molecular weight is 482 g/mol. The quantitative estimate of drug-likeness (QED) is 0.478. The number of aromatic amines is 1. The number of sulfonamides is 1. The Hall–Kier alpha value is -3.10. The minimum absolute atomic E-state index is 0.117. The van der Waals surface area contributed by atoms with Crippen molar-refractivity contribution in [3.63, 3.8) is 0 Å². The van der Waals surface area contributed by atoms with Crippen LogP contribution in [-0.4, -0.2) is 37.1 Å². The van der Waals surface area contributed by atoms with Crippen molar-refractivity contribution in [2.24, 2.45) is 11.7 Å². The van der Waals surface area contributed by atoms with Gasteiger partial charge in [-0.3, -0.25) is 9.10 Å². The fourth-order valence-electron chi connectivity index (χ4n) is 4.90. The van der Waals surface area contributed by atoms with Crippen LogP contribution in [0, 0.1) is 5.92 Å². The molecule has 0 radical (unpaired) electrons. The number of carbonyl (C=O) groups excluding carboxylic acids is 1. The Balaban J connectivity index is 1.90. The molecule has 1 unspecified atom stereocenters. The van der Waals surface area contributed by atoms with Crippen LogP contribution < -0.4 is 10.0 Å². The average Bonchev–Trinajstić information content (AvgIpc) is 3.17. The molecule has 8 heteroatoms. The number of primary amides is 1. The summed E-state index contributed by atoms with van der Waals surface area (Å²) in [5.41, 5.74) is 11.0. The van der Waals surface area contributed by atoms with Crippen LogP contribution in [0.5, 0.6) is 0 Å². The van der Waals surface area contributed by atoms with Gasteiger partial charge in [0.1, 0.15) is 0 Å². The molecule has 2 aromatic carbocycles. The van der Waals surface area contributed by atoms with Crippen LogP contribution in [0.2, 0.25) is 0 Å². The lowest BCUT2D eigenvalue weighted by molar-refractivity contribution is -0.117. The summed E-state index contributed by atoms with van der Waals surface area (Å²) in [6.45, 7) is 7.09. The molecule has 1 aliphatic carbocycles. The molecule has 0 spiro atoms. The molecule has 1 aromatic heterocycles. The number of carbonyl (C=O) groups is 1. The van der Waals surface area contributed by atoms with E-state index in [4.69, 9.17) is 5.73 Å². The van der Waals surface area contributed by atoms with Crippen LogP contribution in [0.25, 0.3) is 22.0 Å². The highest BCUT2D eigenvalue weighted by atomic mass is 32.2. The number of aryl methyl sites for hydroxylation is 1. The number of nitrogens with zero attached hydrogens (tertiary/aromatic N) is 1. The number of nitrogens with one attached hydrogen (secondary N) is 1. The fraction of sp³-hybridized carbons (Fsp3) is 0.346. The van der Waals surface area contributed by atoms with Gasteiger partial charge in [-0.2, -0.15) is 0 Å². The number of amides is 1. The van der Waals surface area contributed by atoms with E-state index in [1.807, 2.05) is 44.2 Å². The number of aliphatic hydroxyl groups is 1. The zero-order valence-electron chi connectivity index (χ0n) is 19.8. The number of aromatic nitrogens is 1. The van der Waals surface area contributed by atoms with Crippen molar-refractivity contribution in [2.45, 2.75) is 45.1 Å². The van der Waals surface area contributed by atoms with E-state index in [1.165, 1.54) is 16.9 Å². The van der Waals surface area contributed by atoms with Gasteiger partial charge in [-0.05, 0) is 73.4 Å². The molecule has 3 aromatic rings. The number of hydrogen-bond acceptors (Lipinski definition) is 4. The maximum absolute atomic E-state index is 12.3. The normalized spacial score (nSPS) is 16.3. The summed E-state index contributed by atoms with van der Waals surface area (Å²) >= 11 is 0. The molecule has 4 N–H and O–H groups in total. The third-order valence-corrected chi connectivity index (χ3v) is 8.30.